The highest BCUT2D eigenvalue weighted by atomic mass is 16.2. The fraction of sp³-hybridized carbons (Fsp3) is 0.273. The maximum Gasteiger partial charge on any atom is 0.241 e. The third-order valence-electron chi connectivity index (χ3n) is 2.46. The number of rotatable bonds is 4. The van der Waals surface area contributed by atoms with E-state index >= 15 is 0 Å². The topological polar surface area (TPSA) is 98.7 Å². The zero-order valence-corrected chi connectivity index (χ0v) is 9.95. The van der Waals surface area contributed by atoms with Gasteiger partial charge in [0, 0.05) is 6.20 Å². The van der Waals surface area contributed by atoms with Gasteiger partial charge in [-0.05, 0) is 18.6 Å². The van der Waals surface area contributed by atoms with Crippen LogP contribution in [0, 0.1) is 0 Å². The summed E-state index contributed by atoms with van der Waals surface area (Å²) in [4.78, 5) is 19.8. The first-order valence-corrected chi connectivity index (χ1v) is 5.59. The average Bonchev–Trinajstić information content (AvgIpc) is 2.92. The van der Waals surface area contributed by atoms with E-state index in [1.54, 1.807) is 18.3 Å². The summed E-state index contributed by atoms with van der Waals surface area (Å²) >= 11 is 0. The first-order valence-electron chi connectivity index (χ1n) is 5.59. The second-order valence-corrected chi connectivity index (χ2v) is 3.72. The molecule has 2 aromatic heterocycles. The van der Waals surface area contributed by atoms with Crippen molar-refractivity contribution in [1.29, 1.82) is 0 Å². The summed E-state index contributed by atoms with van der Waals surface area (Å²) in [6.45, 7) is 1.85. The van der Waals surface area contributed by atoms with Gasteiger partial charge in [0.2, 0.25) is 5.91 Å². The Hall–Kier alpha value is -2.28. The molecule has 0 spiro atoms. The van der Waals surface area contributed by atoms with Gasteiger partial charge < -0.3 is 11.1 Å². The summed E-state index contributed by atoms with van der Waals surface area (Å²) in [5, 5.41) is 6.71. The van der Waals surface area contributed by atoms with E-state index < -0.39 is 6.04 Å². The minimum Gasteiger partial charge on any atom is -0.322 e. The van der Waals surface area contributed by atoms with Crippen LogP contribution in [-0.4, -0.2) is 31.7 Å². The summed E-state index contributed by atoms with van der Waals surface area (Å²) in [6.07, 6.45) is 5.10. The van der Waals surface area contributed by atoms with Crippen molar-refractivity contribution >= 4 is 11.6 Å². The van der Waals surface area contributed by atoms with Crippen LogP contribution >= 0.6 is 0 Å². The molecule has 0 aromatic carbocycles. The van der Waals surface area contributed by atoms with Gasteiger partial charge in [-0.3, -0.25) is 4.79 Å². The number of nitrogens with two attached hydrogens (primary N) is 1. The molecule has 2 rings (SSSR count). The van der Waals surface area contributed by atoms with Gasteiger partial charge in [0.15, 0.2) is 5.82 Å². The summed E-state index contributed by atoms with van der Waals surface area (Å²) < 4.78 is 1.48. The lowest BCUT2D eigenvalue weighted by Gasteiger charge is -2.12. The number of carbonyl (C=O) groups excluding carboxylic acids is 1. The van der Waals surface area contributed by atoms with E-state index in [1.807, 2.05) is 6.92 Å². The minimum atomic E-state index is -0.534. The van der Waals surface area contributed by atoms with Crippen molar-refractivity contribution in [2.24, 2.45) is 5.73 Å². The Morgan fingerprint density at radius 1 is 1.61 bits per heavy atom. The molecule has 1 atom stereocenters. The number of anilines is 1. The van der Waals surface area contributed by atoms with Crippen LogP contribution in [0.2, 0.25) is 0 Å². The Balaban J connectivity index is 2.26. The maximum atomic E-state index is 11.8. The molecule has 18 heavy (non-hydrogen) atoms. The molecule has 7 heteroatoms. The Morgan fingerprint density at radius 3 is 3.11 bits per heavy atom. The monoisotopic (exact) mass is 246 g/mol. The molecule has 7 nitrogen and oxygen atoms in total. The van der Waals surface area contributed by atoms with Gasteiger partial charge >= 0.3 is 0 Å². The fourth-order valence-corrected chi connectivity index (χ4v) is 1.41. The lowest BCUT2D eigenvalue weighted by Crippen LogP contribution is -2.35. The van der Waals surface area contributed by atoms with E-state index in [1.165, 1.54) is 17.3 Å². The molecule has 0 aliphatic rings. The quantitative estimate of drug-likeness (QED) is 0.810. The molecule has 0 aliphatic carbocycles. The van der Waals surface area contributed by atoms with Gasteiger partial charge in [-0.2, -0.15) is 5.10 Å². The number of nitrogens with zero attached hydrogens (tertiary/aromatic N) is 4. The highest BCUT2D eigenvalue weighted by Gasteiger charge is 2.14. The van der Waals surface area contributed by atoms with E-state index in [0.717, 1.165) is 0 Å². The van der Waals surface area contributed by atoms with Crippen LogP contribution in [0.1, 0.15) is 13.3 Å². The molecule has 2 heterocycles. The molecule has 3 N–H and O–H groups in total. The fourth-order valence-electron chi connectivity index (χ4n) is 1.41. The Morgan fingerprint density at radius 2 is 2.44 bits per heavy atom. The first kappa shape index (κ1) is 12.2. The van der Waals surface area contributed by atoms with E-state index in [9.17, 15) is 4.79 Å². The largest absolute Gasteiger partial charge is 0.322 e. The van der Waals surface area contributed by atoms with E-state index in [0.29, 0.717) is 17.9 Å². The Kier molecular flexibility index (Phi) is 3.63. The van der Waals surface area contributed by atoms with Crippen LogP contribution < -0.4 is 11.1 Å². The molecular formula is C11H14N6O. The normalized spacial score (nSPS) is 12.1. The van der Waals surface area contributed by atoms with E-state index in [2.05, 4.69) is 20.4 Å². The van der Waals surface area contributed by atoms with Crippen LogP contribution in [0.5, 0.6) is 0 Å². The van der Waals surface area contributed by atoms with E-state index in [4.69, 9.17) is 5.73 Å². The number of carbonyl (C=O) groups is 1. The summed E-state index contributed by atoms with van der Waals surface area (Å²) in [5.74, 6) is 0.263. The lowest BCUT2D eigenvalue weighted by atomic mass is 10.2. The average molecular weight is 246 g/mol. The number of hydrogen-bond donors (Lipinski definition) is 2. The predicted octanol–water partition coefficient (Wildman–Crippen LogP) is 0.338. The number of hydrogen-bond acceptors (Lipinski definition) is 5. The van der Waals surface area contributed by atoms with Crippen molar-refractivity contribution in [3.8, 4) is 5.82 Å². The molecule has 0 aliphatic heterocycles. The van der Waals surface area contributed by atoms with Gasteiger partial charge in [-0.1, -0.05) is 6.92 Å². The molecule has 0 fully saturated rings. The SMILES string of the molecule is CC[C@@H](N)C(=O)Nc1cccnc1-n1cncn1. The summed E-state index contributed by atoms with van der Waals surface area (Å²) in [7, 11) is 0. The smallest absolute Gasteiger partial charge is 0.241 e. The second kappa shape index (κ2) is 5.37. The van der Waals surface area contributed by atoms with Crippen LogP contribution in [0.15, 0.2) is 31.0 Å². The predicted molar refractivity (Wildman–Crippen MR) is 66.1 cm³/mol. The molecule has 0 unspecified atom stereocenters. The number of aromatic nitrogens is 4. The molecule has 94 valence electrons. The van der Waals surface area contributed by atoms with Crippen LogP contribution in [-0.2, 0) is 4.79 Å². The van der Waals surface area contributed by atoms with Crippen molar-refractivity contribution < 1.29 is 4.79 Å². The van der Waals surface area contributed by atoms with Crippen molar-refractivity contribution in [3.63, 3.8) is 0 Å². The molecule has 0 radical (unpaired) electrons. The Bertz CT molecular complexity index is 524. The van der Waals surface area contributed by atoms with Gasteiger partial charge in [0.1, 0.15) is 12.7 Å². The maximum absolute atomic E-state index is 11.8. The number of amides is 1. The van der Waals surface area contributed by atoms with Crippen LogP contribution in [0.3, 0.4) is 0 Å². The lowest BCUT2D eigenvalue weighted by molar-refractivity contribution is -0.117. The standard InChI is InChI=1S/C11H14N6O/c1-2-8(12)11(18)16-9-4-3-5-14-10(9)17-7-13-6-15-17/h3-8H,2,12H2,1H3,(H,16,18)/t8-/m1/s1. The van der Waals surface area contributed by atoms with Crippen molar-refractivity contribution in [1.82, 2.24) is 19.7 Å². The summed E-state index contributed by atoms with van der Waals surface area (Å²) in [5.41, 5.74) is 6.22. The minimum absolute atomic E-state index is 0.244. The number of nitrogens with one attached hydrogen (secondary N) is 1. The highest BCUT2D eigenvalue weighted by molar-refractivity contribution is 5.95. The third-order valence-corrected chi connectivity index (χ3v) is 2.46. The van der Waals surface area contributed by atoms with Gasteiger partial charge in [-0.25, -0.2) is 14.6 Å². The highest BCUT2D eigenvalue weighted by Crippen LogP contribution is 2.15. The van der Waals surface area contributed by atoms with Crippen molar-refractivity contribution in [3.05, 3.63) is 31.0 Å². The zero-order chi connectivity index (χ0) is 13.0. The van der Waals surface area contributed by atoms with Crippen molar-refractivity contribution in [2.45, 2.75) is 19.4 Å². The van der Waals surface area contributed by atoms with Crippen LogP contribution in [0.25, 0.3) is 5.82 Å². The molecule has 0 bridgehead atoms. The molecular weight excluding hydrogens is 232 g/mol. The molecule has 1 amide bonds. The van der Waals surface area contributed by atoms with E-state index in [-0.39, 0.29) is 5.91 Å². The van der Waals surface area contributed by atoms with Gasteiger partial charge in [-0.15, -0.1) is 0 Å². The summed E-state index contributed by atoms with van der Waals surface area (Å²) in [6, 6.07) is 2.94. The Labute approximate surface area is 104 Å². The van der Waals surface area contributed by atoms with Crippen molar-refractivity contribution in [2.75, 3.05) is 5.32 Å². The molecule has 2 aromatic rings. The number of pyridine rings is 1. The molecule has 0 saturated heterocycles. The van der Waals surface area contributed by atoms with Crippen LogP contribution in [0.4, 0.5) is 5.69 Å². The zero-order valence-electron chi connectivity index (χ0n) is 9.95. The molecule has 0 saturated carbocycles. The van der Waals surface area contributed by atoms with Gasteiger partial charge in [0.05, 0.1) is 11.7 Å². The van der Waals surface area contributed by atoms with Gasteiger partial charge in [0.25, 0.3) is 0 Å². The first-order chi connectivity index (χ1) is 8.72. The third kappa shape index (κ3) is 2.51. The second-order valence-electron chi connectivity index (χ2n) is 3.72.